The van der Waals surface area contributed by atoms with Crippen molar-refractivity contribution >= 4 is 40.8 Å². The van der Waals surface area contributed by atoms with Gasteiger partial charge in [0.1, 0.15) is 5.82 Å². The first-order valence-corrected chi connectivity index (χ1v) is 9.89. The maximum atomic E-state index is 13.0. The van der Waals surface area contributed by atoms with Gasteiger partial charge >= 0.3 is 12.0 Å². The number of benzene rings is 2. The highest BCUT2D eigenvalue weighted by Crippen LogP contribution is 2.25. The number of para-hydroxylation sites is 1. The summed E-state index contributed by atoms with van der Waals surface area (Å²) in [6.45, 7) is 3.92. The van der Waals surface area contributed by atoms with Crippen molar-refractivity contribution in [2.75, 3.05) is 22.5 Å². The van der Waals surface area contributed by atoms with Crippen molar-refractivity contribution in [3.05, 3.63) is 77.5 Å². The topological polar surface area (TPSA) is 132 Å². The molecule has 0 bridgehead atoms. The number of nitrogens with zero attached hydrogens (tertiary/aromatic N) is 1. The lowest BCUT2D eigenvalue weighted by Crippen LogP contribution is -2.28. The van der Waals surface area contributed by atoms with E-state index in [1.807, 2.05) is 30.3 Å². The summed E-state index contributed by atoms with van der Waals surface area (Å²) in [6.07, 6.45) is 1.36. The van der Waals surface area contributed by atoms with Crippen LogP contribution in [0.2, 0.25) is 0 Å². The molecule has 0 unspecified atom stereocenters. The van der Waals surface area contributed by atoms with Gasteiger partial charge in [-0.1, -0.05) is 18.2 Å². The molecule has 0 spiro atoms. The van der Waals surface area contributed by atoms with E-state index in [-0.39, 0.29) is 16.9 Å². The zero-order valence-corrected chi connectivity index (χ0v) is 17.6. The first-order valence-electron chi connectivity index (χ1n) is 9.89. The minimum atomic E-state index is -1.03. The summed E-state index contributed by atoms with van der Waals surface area (Å²) in [7, 11) is 0. The second-order valence-electron chi connectivity index (χ2n) is 6.88. The Kier molecular flexibility index (Phi) is 7.02. The summed E-state index contributed by atoms with van der Waals surface area (Å²) >= 11 is 0. The third-order valence-electron chi connectivity index (χ3n) is 4.50. The molecule has 0 aliphatic carbocycles. The lowest BCUT2D eigenvalue weighted by molar-refractivity contribution is 0.0696. The smallest absolute Gasteiger partial charge is 0.335 e. The predicted octanol–water partition coefficient (Wildman–Crippen LogP) is 4.23. The average Bonchev–Trinajstić information content (AvgIpc) is 2.74. The monoisotopic (exact) mass is 433 g/mol. The van der Waals surface area contributed by atoms with Gasteiger partial charge in [0.15, 0.2) is 0 Å². The zero-order chi connectivity index (χ0) is 23.1. The lowest BCUT2D eigenvalue weighted by atomic mass is 10.1. The molecule has 9 nitrogen and oxygen atoms in total. The van der Waals surface area contributed by atoms with Gasteiger partial charge in [-0.3, -0.25) is 10.1 Å². The molecule has 0 fully saturated rings. The van der Waals surface area contributed by atoms with Crippen molar-refractivity contribution < 1.29 is 19.5 Å². The van der Waals surface area contributed by atoms with Gasteiger partial charge in [0.05, 0.1) is 16.8 Å². The van der Waals surface area contributed by atoms with Gasteiger partial charge in [0.2, 0.25) is 0 Å². The summed E-state index contributed by atoms with van der Waals surface area (Å²) in [4.78, 5) is 40.2. The van der Waals surface area contributed by atoms with Crippen molar-refractivity contribution in [2.45, 2.75) is 13.8 Å². The predicted molar refractivity (Wildman–Crippen MR) is 123 cm³/mol. The molecule has 0 atom stereocenters. The van der Waals surface area contributed by atoms with Crippen LogP contribution in [-0.4, -0.2) is 34.5 Å². The SMILES string of the molecule is CCNC(=O)Nc1cc(Nc2ccccc2)c(C(=O)Nc2ccc(C(=O)O)c(C)c2)cn1. The maximum absolute atomic E-state index is 13.0. The van der Waals surface area contributed by atoms with Gasteiger partial charge in [-0.25, -0.2) is 14.6 Å². The highest BCUT2D eigenvalue weighted by molar-refractivity contribution is 6.09. The fourth-order valence-corrected chi connectivity index (χ4v) is 2.99. The van der Waals surface area contributed by atoms with Gasteiger partial charge in [0.25, 0.3) is 5.91 Å². The Balaban J connectivity index is 1.89. The quantitative estimate of drug-likeness (QED) is 0.379. The average molecular weight is 433 g/mol. The molecule has 164 valence electrons. The molecule has 32 heavy (non-hydrogen) atoms. The Hall–Kier alpha value is -4.40. The minimum Gasteiger partial charge on any atom is -0.478 e. The Bertz CT molecular complexity index is 1150. The number of aromatic nitrogens is 1. The number of pyridine rings is 1. The molecule has 5 N–H and O–H groups in total. The van der Waals surface area contributed by atoms with Gasteiger partial charge in [0, 0.05) is 30.2 Å². The first kappa shape index (κ1) is 22.3. The Morgan fingerprint density at radius 3 is 2.34 bits per heavy atom. The molecule has 0 aliphatic heterocycles. The minimum absolute atomic E-state index is 0.164. The number of aryl methyl sites for hydroxylation is 1. The number of anilines is 4. The van der Waals surface area contributed by atoms with Crippen molar-refractivity contribution in [1.29, 1.82) is 0 Å². The highest BCUT2D eigenvalue weighted by Gasteiger charge is 2.16. The molecule has 1 aromatic heterocycles. The molecule has 0 saturated heterocycles. The van der Waals surface area contributed by atoms with Crippen molar-refractivity contribution in [1.82, 2.24) is 10.3 Å². The number of hydrogen-bond acceptors (Lipinski definition) is 5. The summed E-state index contributed by atoms with van der Waals surface area (Å²) < 4.78 is 0. The maximum Gasteiger partial charge on any atom is 0.335 e. The first-order chi connectivity index (χ1) is 15.4. The van der Waals surface area contributed by atoms with Crippen LogP contribution >= 0.6 is 0 Å². The van der Waals surface area contributed by atoms with E-state index in [2.05, 4.69) is 26.3 Å². The zero-order valence-electron chi connectivity index (χ0n) is 17.6. The third-order valence-corrected chi connectivity index (χ3v) is 4.50. The fraction of sp³-hybridized carbons (Fsp3) is 0.130. The van der Waals surface area contributed by atoms with E-state index < -0.39 is 17.9 Å². The number of carboxylic acid groups (broad SMARTS) is 1. The van der Waals surface area contributed by atoms with Crippen LogP contribution in [0.15, 0.2) is 60.8 Å². The number of carbonyl (C=O) groups is 3. The second kappa shape index (κ2) is 10.1. The number of hydrogen-bond donors (Lipinski definition) is 5. The van der Waals surface area contributed by atoms with Gasteiger partial charge in [-0.05, 0) is 49.7 Å². The summed E-state index contributed by atoms with van der Waals surface area (Å²) in [5.41, 5.74) is 2.57. The van der Waals surface area contributed by atoms with E-state index >= 15 is 0 Å². The highest BCUT2D eigenvalue weighted by atomic mass is 16.4. The van der Waals surface area contributed by atoms with E-state index in [4.69, 9.17) is 0 Å². The van der Waals surface area contributed by atoms with E-state index in [1.165, 1.54) is 18.3 Å². The van der Waals surface area contributed by atoms with E-state index in [1.54, 1.807) is 26.0 Å². The molecule has 9 heteroatoms. The lowest BCUT2D eigenvalue weighted by Gasteiger charge is -2.14. The van der Waals surface area contributed by atoms with Crippen LogP contribution in [-0.2, 0) is 0 Å². The molecule has 1 heterocycles. The number of nitrogens with one attached hydrogen (secondary N) is 4. The number of aromatic carboxylic acids is 1. The second-order valence-corrected chi connectivity index (χ2v) is 6.88. The molecular formula is C23H23N5O4. The molecule has 3 rings (SSSR count). The Labute approximate surface area is 184 Å². The number of carbonyl (C=O) groups excluding carboxylic acids is 2. The molecular weight excluding hydrogens is 410 g/mol. The molecule has 0 radical (unpaired) electrons. The van der Waals surface area contributed by atoms with Crippen LogP contribution in [0.1, 0.15) is 33.2 Å². The third kappa shape index (κ3) is 5.60. The largest absolute Gasteiger partial charge is 0.478 e. The van der Waals surface area contributed by atoms with Crippen molar-refractivity contribution in [3.63, 3.8) is 0 Å². The van der Waals surface area contributed by atoms with Crippen LogP contribution in [0.3, 0.4) is 0 Å². The van der Waals surface area contributed by atoms with Crippen LogP contribution in [0.5, 0.6) is 0 Å². The normalized spacial score (nSPS) is 10.2. The van der Waals surface area contributed by atoms with Gasteiger partial charge < -0.3 is 21.1 Å². The molecule has 0 saturated carbocycles. The van der Waals surface area contributed by atoms with Gasteiger partial charge in [-0.15, -0.1) is 0 Å². The summed E-state index contributed by atoms with van der Waals surface area (Å²) in [6, 6.07) is 15.0. The van der Waals surface area contributed by atoms with Crippen LogP contribution in [0.25, 0.3) is 0 Å². The van der Waals surface area contributed by atoms with E-state index in [9.17, 15) is 19.5 Å². The number of rotatable bonds is 7. The van der Waals surface area contributed by atoms with Crippen LogP contribution in [0.4, 0.5) is 27.7 Å². The van der Waals surface area contributed by atoms with E-state index in [0.717, 1.165) is 5.69 Å². The van der Waals surface area contributed by atoms with Gasteiger partial charge in [-0.2, -0.15) is 0 Å². The molecule has 0 aliphatic rings. The molecule has 3 aromatic rings. The standard InChI is InChI=1S/C23H23N5O4/c1-3-24-23(32)28-20-12-19(26-15-7-5-4-6-8-15)18(13-25-20)21(29)27-16-9-10-17(22(30)31)14(2)11-16/h4-13H,3H2,1-2H3,(H,27,29)(H,30,31)(H3,24,25,26,28,32). The molecule has 2 aromatic carbocycles. The summed E-state index contributed by atoms with van der Waals surface area (Å²) in [5.74, 6) is -1.20. The van der Waals surface area contributed by atoms with Crippen LogP contribution in [0, 0.1) is 6.92 Å². The number of amides is 3. The van der Waals surface area contributed by atoms with Crippen molar-refractivity contribution in [2.24, 2.45) is 0 Å². The van der Waals surface area contributed by atoms with E-state index in [0.29, 0.717) is 23.5 Å². The van der Waals surface area contributed by atoms with Crippen LogP contribution < -0.4 is 21.3 Å². The Morgan fingerprint density at radius 2 is 1.69 bits per heavy atom. The number of carboxylic acids is 1. The fourth-order valence-electron chi connectivity index (χ4n) is 2.99. The Morgan fingerprint density at radius 1 is 0.938 bits per heavy atom. The summed E-state index contributed by atoms with van der Waals surface area (Å²) in [5, 5.41) is 20.3. The number of urea groups is 1. The molecule has 3 amide bonds. The van der Waals surface area contributed by atoms with Crippen molar-refractivity contribution in [3.8, 4) is 0 Å².